The zero-order chi connectivity index (χ0) is 29.7. The number of carbonyl (C=O) groups excluding carboxylic acids is 2. The van der Waals surface area contributed by atoms with Gasteiger partial charge in [-0.25, -0.2) is 4.98 Å². The number of fused-ring (bicyclic) bond motifs is 1. The van der Waals surface area contributed by atoms with E-state index in [1.165, 1.54) is 0 Å². The second-order valence-corrected chi connectivity index (χ2v) is 10.5. The van der Waals surface area contributed by atoms with Gasteiger partial charge in [-0.15, -0.1) is 0 Å². The number of aryl methyl sites for hydroxylation is 2. The number of amides is 2. The van der Waals surface area contributed by atoms with Crippen molar-refractivity contribution in [2.45, 2.75) is 34.1 Å². The maximum Gasteiger partial charge on any atom is 0.256 e. The molecular weight excluding hydrogens is 534 g/mol. The number of anilines is 1. The number of hydrogen-bond acceptors (Lipinski definition) is 4. The average Bonchev–Trinajstić information content (AvgIpc) is 2.95. The molecule has 1 N–H and O–H groups in total. The molecule has 0 fully saturated rings. The van der Waals surface area contributed by atoms with Crippen molar-refractivity contribution in [2.75, 3.05) is 18.9 Å². The van der Waals surface area contributed by atoms with Crippen LogP contribution in [-0.2, 0) is 4.74 Å². The molecule has 0 spiro atoms. The number of carbonyl (C=O) groups is 2. The topological polar surface area (TPSA) is 71.5 Å². The van der Waals surface area contributed by atoms with E-state index >= 15 is 0 Å². The Morgan fingerprint density at radius 3 is 2.46 bits per heavy atom. The van der Waals surface area contributed by atoms with Gasteiger partial charge in [-0.2, -0.15) is 0 Å². The molecule has 3 aromatic carbocycles. The Hall–Kier alpha value is -4.42. The summed E-state index contributed by atoms with van der Waals surface area (Å²) < 4.78 is 5.58. The lowest BCUT2D eigenvalue weighted by molar-refractivity contribution is 0.0792. The Kier molecular flexibility index (Phi) is 9.25. The van der Waals surface area contributed by atoms with Crippen LogP contribution in [0.25, 0.3) is 22.2 Å². The molecule has 0 atom stereocenters. The fraction of sp³-hybridized carbons (Fsp3) is 0.206. The van der Waals surface area contributed by atoms with Crippen LogP contribution in [0.1, 0.15) is 52.1 Å². The van der Waals surface area contributed by atoms with Gasteiger partial charge in [0.15, 0.2) is 0 Å². The minimum Gasteiger partial charge on any atom is -0.467 e. The molecule has 0 aliphatic rings. The van der Waals surface area contributed by atoms with Crippen LogP contribution in [-0.4, -0.2) is 35.3 Å². The number of halogens is 1. The molecule has 0 saturated heterocycles. The van der Waals surface area contributed by atoms with Crippen molar-refractivity contribution in [3.05, 3.63) is 118 Å². The third-order valence-corrected chi connectivity index (χ3v) is 7.15. The standard InChI is InChI=1S/C34H34ClN3O3/c1-7-23(4)41-24(5)16-17-38(6)34(40)25-12-14-26(15-13-25)36-33(39)29-20-31(27-10-8-9-11-30(27)35)37-32-22(3)18-21(2)19-28(29)32/h7-15,18-20H,5,16-17H2,1-4,6H3,(H,36,39)/b23-7-. The second kappa shape index (κ2) is 12.8. The summed E-state index contributed by atoms with van der Waals surface area (Å²) in [5.41, 5.74) is 5.72. The van der Waals surface area contributed by atoms with Crippen LogP contribution < -0.4 is 5.32 Å². The zero-order valence-corrected chi connectivity index (χ0v) is 24.8. The smallest absolute Gasteiger partial charge is 0.256 e. The van der Waals surface area contributed by atoms with Crippen LogP contribution in [0.5, 0.6) is 0 Å². The summed E-state index contributed by atoms with van der Waals surface area (Å²) >= 11 is 6.48. The van der Waals surface area contributed by atoms with Crippen molar-refractivity contribution < 1.29 is 14.3 Å². The van der Waals surface area contributed by atoms with Crippen molar-refractivity contribution in [3.63, 3.8) is 0 Å². The minimum absolute atomic E-state index is 0.131. The molecule has 0 unspecified atom stereocenters. The van der Waals surface area contributed by atoms with Gasteiger partial charge >= 0.3 is 0 Å². The van der Waals surface area contributed by atoms with Gasteiger partial charge in [0, 0.05) is 47.2 Å². The summed E-state index contributed by atoms with van der Waals surface area (Å²) in [7, 11) is 1.74. The lowest BCUT2D eigenvalue weighted by atomic mass is 9.99. The van der Waals surface area contributed by atoms with E-state index < -0.39 is 0 Å². The summed E-state index contributed by atoms with van der Waals surface area (Å²) in [6.07, 6.45) is 2.38. The largest absolute Gasteiger partial charge is 0.467 e. The van der Waals surface area contributed by atoms with Crippen LogP contribution in [0, 0.1) is 13.8 Å². The number of benzene rings is 3. The van der Waals surface area contributed by atoms with E-state index in [2.05, 4.69) is 11.9 Å². The van der Waals surface area contributed by atoms with E-state index in [4.69, 9.17) is 21.3 Å². The molecule has 0 saturated carbocycles. The van der Waals surface area contributed by atoms with Gasteiger partial charge < -0.3 is 15.0 Å². The number of allylic oxidation sites excluding steroid dienone is 2. The Morgan fingerprint density at radius 2 is 1.78 bits per heavy atom. The van der Waals surface area contributed by atoms with Gasteiger partial charge in [0.2, 0.25) is 0 Å². The first-order valence-electron chi connectivity index (χ1n) is 13.4. The SMILES string of the molecule is C=C(CCN(C)C(=O)c1ccc(NC(=O)c2cc(-c3ccccc3Cl)nc3c(C)cc(C)cc23)cc1)O/C(C)=C\C. The monoisotopic (exact) mass is 567 g/mol. The molecule has 4 rings (SSSR count). The molecule has 0 aliphatic carbocycles. The highest BCUT2D eigenvalue weighted by molar-refractivity contribution is 6.33. The van der Waals surface area contributed by atoms with Crippen LogP contribution in [0.4, 0.5) is 5.69 Å². The quantitative estimate of drug-likeness (QED) is 0.206. The highest BCUT2D eigenvalue weighted by Crippen LogP contribution is 2.32. The molecule has 1 heterocycles. The van der Waals surface area contributed by atoms with Crippen molar-refractivity contribution in [2.24, 2.45) is 0 Å². The van der Waals surface area contributed by atoms with E-state index in [-0.39, 0.29) is 11.8 Å². The summed E-state index contributed by atoms with van der Waals surface area (Å²) in [6.45, 7) is 12.1. The molecule has 41 heavy (non-hydrogen) atoms. The third kappa shape index (κ3) is 7.02. The maximum absolute atomic E-state index is 13.6. The third-order valence-electron chi connectivity index (χ3n) is 6.82. The number of nitrogens with zero attached hydrogens (tertiary/aromatic N) is 2. The molecule has 7 heteroatoms. The first kappa shape index (κ1) is 29.6. The van der Waals surface area contributed by atoms with Crippen LogP contribution in [0.2, 0.25) is 5.02 Å². The molecule has 210 valence electrons. The van der Waals surface area contributed by atoms with E-state index in [0.717, 1.165) is 33.4 Å². The van der Waals surface area contributed by atoms with Gasteiger partial charge in [0.25, 0.3) is 11.8 Å². The normalized spacial score (nSPS) is 11.3. The maximum atomic E-state index is 13.6. The van der Waals surface area contributed by atoms with Crippen molar-refractivity contribution in [1.29, 1.82) is 0 Å². The summed E-state index contributed by atoms with van der Waals surface area (Å²) in [5, 5.41) is 4.31. The molecule has 6 nitrogen and oxygen atoms in total. The molecule has 1 aromatic heterocycles. The lowest BCUT2D eigenvalue weighted by Gasteiger charge is -2.18. The Bertz CT molecular complexity index is 1660. The van der Waals surface area contributed by atoms with Gasteiger partial charge in [-0.05, 0) is 81.8 Å². The fourth-order valence-electron chi connectivity index (χ4n) is 4.52. The highest BCUT2D eigenvalue weighted by atomic mass is 35.5. The molecule has 0 radical (unpaired) electrons. The number of pyridine rings is 1. The number of hydrogen-bond donors (Lipinski definition) is 1. The van der Waals surface area contributed by atoms with Gasteiger partial charge in [0.05, 0.1) is 28.3 Å². The fourth-order valence-corrected chi connectivity index (χ4v) is 4.75. The van der Waals surface area contributed by atoms with E-state index in [1.54, 1.807) is 48.3 Å². The number of aromatic nitrogens is 1. The van der Waals surface area contributed by atoms with E-state index in [0.29, 0.717) is 46.3 Å². The van der Waals surface area contributed by atoms with Crippen LogP contribution >= 0.6 is 11.6 Å². The van der Waals surface area contributed by atoms with Gasteiger partial charge in [0.1, 0.15) is 0 Å². The zero-order valence-electron chi connectivity index (χ0n) is 24.0. The highest BCUT2D eigenvalue weighted by Gasteiger charge is 2.18. The Morgan fingerprint density at radius 1 is 1.07 bits per heavy atom. The van der Waals surface area contributed by atoms with Gasteiger partial charge in [-0.3, -0.25) is 9.59 Å². The van der Waals surface area contributed by atoms with Gasteiger partial charge in [-0.1, -0.05) is 48.0 Å². The number of rotatable bonds is 9. The Labute approximate surface area is 246 Å². The average molecular weight is 568 g/mol. The Balaban J connectivity index is 1.54. The van der Waals surface area contributed by atoms with Crippen LogP contribution in [0.15, 0.2) is 90.9 Å². The lowest BCUT2D eigenvalue weighted by Crippen LogP contribution is -2.28. The van der Waals surface area contributed by atoms with Crippen molar-refractivity contribution in [1.82, 2.24) is 9.88 Å². The van der Waals surface area contributed by atoms with Crippen LogP contribution in [0.3, 0.4) is 0 Å². The summed E-state index contributed by atoms with van der Waals surface area (Å²) in [5.74, 6) is 0.965. The minimum atomic E-state index is -0.276. The summed E-state index contributed by atoms with van der Waals surface area (Å²) in [6, 6.07) is 20.1. The predicted molar refractivity (Wildman–Crippen MR) is 167 cm³/mol. The first-order chi connectivity index (χ1) is 19.6. The molecule has 2 amide bonds. The van der Waals surface area contributed by atoms with E-state index in [9.17, 15) is 9.59 Å². The van der Waals surface area contributed by atoms with Crippen molar-refractivity contribution >= 4 is 40.0 Å². The number of ether oxygens (including phenoxy) is 1. The van der Waals surface area contributed by atoms with Crippen molar-refractivity contribution in [3.8, 4) is 11.3 Å². The molecule has 4 aromatic rings. The number of nitrogens with one attached hydrogen (secondary N) is 1. The summed E-state index contributed by atoms with van der Waals surface area (Å²) in [4.78, 5) is 33.0. The van der Waals surface area contributed by atoms with E-state index in [1.807, 2.05) is 64.1 Å². The molecule has 0 bridgehead atoms. The molecule has 0 aliphatic heterocycles. The predicted octanol–water partition coefficient (Wildman–Crippen LogP) is 8.34. The molecular formula is C34H34ClN3O3. The first-order valence-corrected chi connectivity index (χ1v) is 13.8. The second-order valence-electron chi connectivity index (χ2n) is 10.1.